The summed E-state index contributed by atoms with van der Waals surface area (Å²) in [6.45, 7) is 2.00. The van der Waals surface area contributed by atoms with Crippen LogP contribution in [0.2, 0.25) is 0 Å². The van der Waals surface area contributed by atoms with Gasteiger partial charge in [-0.3, -0.25) is 4.68 Å². The molecule has 1 aromatic carbocycles. The molecule has 1 aromatic heterocycles. The van der Waals surface area contributed by atoms with E-state index < -0.39 is 5.60 Å². The first-order chi connectivity index (χ1) is 8.63. The fourth-order valence-electron chi connectivity index (χ4n) is 2.06. The van der Waals surface area contributed by atoms with Crippen molar-refractivity contribution in [2.24, 2.45) is 7.05 Å². The lowest BCUT2D eigenvalue weighted by atomic mass is 9.88. The fraction of sp³-hybridized carbons (Fsp3) is 0.429. The Kier molecular flexibility index (Phi) is 3.77. The van der Waals surface area contributed by atoms with Gasteiger partial charge < -0.3 is 5.11 Å². The maximum atomic E-state index is 10.7. The highest BCUT2D eigenvalue weighted by atomic mass is 16.3. The van der Waals surface area contributed by atoms with Crippen LogP contribution in [0.15, 0.2) is 36.7 Å². The molecule has 2 rings (SSSR count). The van der Waals surface area contributed by atoms with E-state index in [1.807, 2.05) is 44.3 Å². The smallest absolute Gasteiger partial charge is 0.138 e. The highest BCUT2D eigenvalue weighted by Crippen LogP contribution is 2.21. The number of benzene rings is 1. The van der Waals surface area contributed by atoms with E-state index in [0.29, 0.717) is 19.3 Å². The summed E-state index contributed by atoms with van der Waals surface area (Å²) in [4.78, 5) is 4.18. The Morgan fingerprint density at radius 3 is 2.50 bits per heavy atom. The van der Waals surface area contributed by atoms with Crippen LogP contribution in [0.4, 0.5) is 0 Å². The van der Waals surface area contributed by atoms with Crippen LogP contribution < -0.4 is 0 Å². The molecule has 4 heteroatoms. The summed E-state index contributed by atoms with van der Waals surface area (Å²) in [6, 6.07) is 10.0. The van der Waals surface area contributed by atoms with E-state index in [4.69, 9.17) is 0 Å². The van der Waals surface area contributed by atoms with E-state index in [9.17, 15) is 5.11 Å². The molecule has 0 fully saturated rings. The Labute approximate surface area is 107 Å². The second kappa shape index (κ2) is 5.31. The third-order valence-electron chi connectivity index (χ3n) is 3.33. The van der Waals surface area contributed by atoms with Crippen molar-refractivity contribution in [1.82, 2.24) is 14.8 Å². The molecule has 0 aliphatic carbocycles. The average molecular weight is 245 g/mol. The van der Waals surface area contributed by atoms with Gasteiger partial charge in [-0.05, 0) is 12.0 Å². The fourth-order valence-corrected chi connectivity index (χ4v) is 2.06. The maximum absolute atomic E-state index is 10.7. The van der Waals surface area contributed by atoms with E-state index in [1.54, 1.807) is 4.68 Å². The molecule has 0 spiro atoms. The molecule has 2 aromatic rings. The SMILES string of the molecule is CCC(O)(Cc1ccccc1)Cc1ncnn1C. The van der Waals surface area contributed by atoms with Crippen molar-refractivity contribution in [3.63, 3.8) is 0 Å². The quantitative estimate of drug-likeness (QED) is 0.873. The number of aryl methyl sites for hydroxylation is 1. The standard InChI is InChI=1S/C14H19N3O/c1-3-14(18,9-12-7-5-4-6-8-12)10-13-15-11-16-17(13)2/h4-8,11,18H,3,9-10H2,1-2H3. The molecule has 96 valence electrons. The lowest BCUT2D eigenvalue weighted by molar-refractivity contribution is 0.0341. The Hall–Kier alpha value is -1.68. The molecule has 0 bridgehead atoms. The molecule has 0 saturated carbocycles. The van der Waals surface area contributed by atoms with Crippen LogP contribution in [0, 0.1) is 0 Å². The van der Waals surface area contributed by atoms with Gasteiger partial charge in [-0.25, -0.2) is 4.98 Å². The number of aliphatic hydroxyl groups is 1. The van der Waals surface area contributed by atoms with Crippen molar-refractivity contribution >= 4 is 0 Å². The molecule has 1 unspecified atom stereocenters. The molecule has 0 radical (unpaired) electrons. The van der Waals surface area contributed by atoms with Crippen LogP contribution in [-0.4, -0.2) is 25.5 Å². The monoisotopic (exact) mass is 245 g/mol. The second-order valence-corrected chi connectivity index (χ2v) is 4.72. The van der Waals surface area contributed by atoms with Crippen LogP contribution >= 0.6 is 0 Å². The minimum Gasteiger partial charge on any atom is -0.389 e. The van der Waals surface area contributed by atoms with Gasteiger partial charge in [0, 0.05) is 19.9 Å². The zero-order valence-electron chi connectivity index (χ0n) is 10.9. The van der Waals surface area contributed by atoms with Gasteiger partial charge in [0.1, 0.15) is 12.2 Å². The molecule has 0 saturated heterocycles. The Bertz CT molecular complexity index is 495. The first kappa shape index (κ1) is 12.8. The van der Waals surface area contributed by atoms with Crippen LogP contribution in [0.25, 0.3) is 0 Å². The molecular weight excluding hydrogens is 226 g/mol. The van der Waals surface area contributed by atoms with E-state index in [-0.39, 0.29) is 0 Å². The van der Waals surface area contributed by atoms with Gasteiger partial charge >= 0.3 is 0 Å². The van der Waals surface area contributed by atoms with Crippen molar-refractivity contribution in [3.05, 3.63) is 48.0 Å². The van der Waals surface area contributed by atoms with Crippen molar-refractivity contribution in [2.45, 2.75) is 31.8 Å². The molecule has 0 aliphatic heterocycles. The first-order valence-corrected chi connectivity index (χ1v) is 6.22. The molecule has 1 atom stereocenters. The summed E-state index contributed by atoms with van der Waals surface area (Å²) in [6.07, 6.45) is 3.37. The molecule has 0 aliphatic rings. The largest absolute Gasteiger partial charge is 0.389 e. The van der Waals surface area contributed by atoms with Crippen molar-refractivity contribution < 1.29 is 5.11 Å². The van der Waals surface area contributed by atoms with Crippen LogP contribution in [0.5, 0.6) is 0 Å². The molecule has 0 amide bonds. The summed E-state index contributed by atoms with van der Waals surface area (Å²) in [5.41, 5.74) is 0.381. The van der Waals surface area contributed by atoms with E-state index >= 15 is 0 Å². The summed E-state index contributed by atoms with van der Waals surface area (Å²) >= 11 is 0. The second-order valence-electron chi connectivity index (χ2n) is 4.72. The summed E-state index contributed by atoms with van der Waals surface area (Å²) in [7, 11) is 1.85. The molecule has 1 N–H and O–H groups in total. The van der Waals surface area contributed by atoms with Gasteiger partial charge in [-0.1, -0.05) is 37.3 Å². The minimum atomic E-state index is -0.762. The predicted molar refractivity (Wildman–Crippen MR) is 70.1 cm³/mol. The Morgan fingerprint density at radius 2 is 1.94 bits per heavy atom. The Balaban J connectivity index is 2.13. The lowest BCUT2D eigenvalue weighted by Gasteiger charge is -2.26. The van der Waals surface area contributed by atoms with Crippen molar-refractivity contribution in [2.75, 3.05) is 0 Å². The van der Waals surface area contributed by atoms with Crippen LogP contribution in [0.3, 0.4) is 0 Å². The maximum Gasteiger partial charge on any atom is 0.138 e. The van der Waals surface area contributed by atoms with E-state index in [1.165, 1.54) is 6.33 Å². The highest BCUT2D eigenvalue weighted by Gasteiger charge is 2.27. The van der Waals surface area contributed by atoms with Crippen LogP contribution in [-0.2, 0) is 19.9 Å². The molecular formula is C14H19N3O. The predicted octanol–water partition coefficient (Wildman–Crippen LogP) is 1.74. The number of hydrogen-bond donors (Lipinski definition) is 1. The van der Waals surface area contributed by atoms with Gasteiger partial charge in [-0.15, -0.1) is 0 Å². The van der Waals surface area contributed by atoms with Gasteiger partial charge in [0.05, 0.1) is 5.60 Å². The highest BCUT2D eigenvalue weighted by molar-refractivity contribution is 5.17. The van der Waals surface area contributed by atoms with Gasteiger partial charge in [-0.2, -0.15) is 5.10 Å². The third kappa shape index (κ3) is 2.96. The van der Waals surface area contributed by atoms with E-state index in [2.05, 4.69) is 10.1 Å². The van der Waals surface area contributed by atoms with Gasteiger partial charge in [0.25, 0.3) is 0 Å². The van der Waals surface area contributed by atoms with Crippen molar-refractivity contribution in [1.29, 1.82) is 0 Å². The molecule has 18 heavy (non-hydrogen) atoms. The zero-order chi connectivity index (χ0) is 13.0. The topological polar surface area (TPSA) is 50.9 Å². The summed E-state index contributed by atoms with van der Waals surface area (Å²) in [5.74, 6) is 0.815. The third-order valence-corrected chi connectivity index (χ3v) is 3.33. The molecule has 1 heterocycles. The minimum absolute atomic E-state index is 0.523. The Morgan fingerprint density at radius 1 is 1.22 bits per heavy atom. The van der Waals surface area contributed by atoms with Gasteiger partial charge in [0.15, 0.2) is 0 Å². The summed E-state index contributed by atoms with van der Waals surface area (Å²) in [5, 5.41) is 14.7. The first-order valence-electron chi connectivity index (χ1n) is 6.22. The average Bonchev–Trinajstić information content (AvgIpc) is 2.76. The number of hydrogen-bond acceptors (Lipinski definition) is 3. The van der Waals surface area contributed by atoms with E-state index in [0.717, 1.165) is 11.4 Å². The van der Waals surface area contributed by atoms with Gasteiger partial charge in [0.2, 0.25) is 0 Å². The normalized spacial score (nSPS) is 14.4. The molecule has 4 nitrogen and oxygen atoms in total. The summed E-state index contributed by atoms with van der Waals surface area (Å²) < 4.78 is 1.71. The number of nitrogens with zero attached hydrogens (tertiary/aromatic N) is 3. The zero-order valence-corrected chi connectivity index (χ0v) is 10.9. The van der Waals surface area contributed by atoms with Crippen LogP contribution in [0.1, 0.15) is 24.7 Å². The number of rotatable bonds is 5. The van der Waals surface area contributed by atoms with Crippen molar-refractivity contribution in [3.8, 4) is 0 Å². The lowest BCUT2D eigenvalue weighted by Crippen LogP contribution is -2.34. The number of aromatic nitrogens is 3.